The minimum Gasteiger partial charge on any atom is -0.493 e. The lowest BCUT2D eigenvalue weighted by Gasteiger charge is -2.20. The lowest BCUT2D eigenvalue weighted by atomic mass is 10.2. The molecular formula is C29H34N8O2. The van der Waals surface area contributed by atoms with Crippen molar-refractivity contribution in [1.82, 2.24) is 19.5 Å². The van der Waals surface area contributed by atoms with Crippen LogP contribution in [0.2, 0.25) is 0 Å². The molecule has 2 fully saturated rings. The van der Waals surface area contributed by atoms with Crippen molar-refractivity contribution in [1.29, 1.82) is 0 Å². The van der Waals surface area contributed by atoms with Crippen molar-refractivity contribution in [3.8, 4) is 11.5 Å². The van der Waals surface area contributed by atoms with Crippen molar-refractivity contribution in [2.45, 2.75) is 32.2 Å². The molecule has 0 radical (unpaired) electrons. The van der Waals surface area contributed by atoms with Crippen molar-refractivity contribution >= 4 is 35.0 Å². The van der Waals surface area contributed by atoms with Gasteiger partial charge in [-0.25, -0.2) is 5.43 Å². The van der Waals surface area contributed by atoms with E-state index >= 15 is 0 Å². The SMILES string of the molecule is COc1ccccc1OCCn1cc(/C=N\Nc2nc(N3CCCC3)nc(N3CCCC3)n2)c2ccccc21. The van der Waals surface area contributed by atoms with Gasteiger partial charge in [-0.2, -0.15) is 20.1 Å². The second kappa shape index (κ2) is 11.6. The van der Waals surface area contributed by atoms with Gasteiger partial charge < -0.3 is 23.8 Å². The maximum Gasteiger partial charge on any atom is 0.250 e. The van der Waals surface area contributed by atoms with Crippen molar-refractivity contribution < 1.29 is 9.47 Å². The Labute approximate surface area is 228 Å². The fourth-order valence-corrected chi connectivity index (χ4v) is 5.24. The van der Waals surface area contributed by atoms with E-state index in [4.69, 9.17) is 14.5 Å². The average Bonchev–Trinajstić information content (AvgIpc) is 3.76. The summed E-state index contributed by atoms with van der Waals surface area (Å²) in [5.41, 5.74) is 5.20. The zero-order chi connectivity index (χ0) is 26.4. The van der Waals surface area contributed by atoms with Crippen LogP contribution in [0.3, 0.4) is 0 Å². The van der Waals surface area contributed by atoms with E-state index in [1.807, 2.05) is 42.6 Å². The van der Waals surface area contributed by atoms with Crippen LogP contribution in [-0.4, -0.2) is 65.6 Å². The normalized spacial score (nSPS) is 15.5. The molecule has 0 unspecified atom stereocenters. The standard InChI is InChI=1S/C29H34N8O2/c1-38-25-12-4-5-13-26(25)39-19-18-37-21-22(23-10-2-3-11-24(23)37)20-30-34-27-31-28(35-14-6-7-15-35)33-29(32-27)36-16-8-9-17-36/h2-5,10-13,20-21H,6-9,14-19H2,1H3,(H,31,32,33,34)/b30-20-. The molecule has 10 heteroatoms. The summed E-state index contributed by atoms with van der Waals surface area (Å²) in [6.45, 7) is 5.11. The minimum atomic E-state index is 0.471. The molecule has 0 amide bonds. The predicted molar refractivity (Wildman–Crippen MR) is 154 cm³/mol. The van der Waals surface area contributed by atoms with Gasteiger partial charge in [0.2, 0.25) is 17.8 Å². The van der Waals surface area contributed by atoms with E-state index in [2.05, 4.69) is 53.2 Å². The van der Waals surface area contributed by atoms with Crippen molar-refractivity contribution in [2.24, 2.45) is 5.10 Å². The van der Waals surface area contributed by atoms with Crippen molar-refractivity contribution in [3.63, 3.8) is 0 Å². The summed E-state index contributed by atoms with van der Waals surface area (Å²) >= 11 is 0. The summed E-state index contributed by atoms with van der Waals surface area (Å²) in [5.74, 6) is 3.40. The van der Waals surface area contributed by atoms with Gasteiger partial charge in [0.05, 0.1) is 19.9 Å². The van der Waals surface area contributed by atoms with Crippen molar-refractivity contribution in [2.75, 3.05) is 55.1 Å². The summed E-state index contributed by atoms with van der Waals surface area (Å²) in [5, 5.41) is 5.65. The van der Waals surface area contributed by atoms with E-state index in [1.165, 1.54) is 25.7 Å². The van der Waals surface area contributed by atoms with E-state index in [9.17, 15) is 0 Å². The van der Waals surface area contributed by atoms with Gasteiger partial charge in [-0.1, -0.05) is 30.3 Å². The first kappa shape index (κ1) is 25.0. The molecule has 2 saturated heterocycles. The number of hydrogen-bond donors (Lipinski definition) is 1. The Balaban J connectivity index is 1.19. The smallest absolute Gasteiger partial charge is 0.250 e. The Hall–Kier alpha value is -4.34. The molecule has 0 spiro atoms. The number of rotatable bonds is 10. The van der Waals surface area contributed by atoms with Crippen LogP contribution in [0.5, 0.6) is 11.5 Å². The molecule has 2 aromatic carbocycles. The van der Waals surface area contributed by atoms with Crippen LogP contribution in [0.15, 0.2) is 59.8 Å². The summed E-state index contributed by atoms with van der Waals surface area (Å²) in [4.78, 5) is 18.6. The van der Waals surface area contributed by atoms with Gasteiger partial charge in [-0.05, 0) is 43.9 Å². The minimum absolute atomic E-state index is 0.471. The first-order chi connectivity index (χ1) is 19.3. The van der Waals surface area contributed by atoms with Gasteiger partial charge in [0, 0.05) is 48.8 Å². The van der Waals surface area contributed by atoms with Gasteiger partial charge in [-0.3, -0.25) is 0 Å². The Kier molecular flexibility index (Phi) is 7.42. The van der Waals surface area contributed by atoms with E-state index in [1.54, 1.807) is 7.11 Å². The van der Waals surface area contributed by atoms with Gasteiger partial charge in [0.25, 0.3) is 0 Å². The van der Waals surface area contributed by atoms with Crippen molar-refractivity contribution in [3.05, 3.63) is 60.3 Å². The van der Waals surface area contributed by atoms with Crippen LogP contribution in [0.25, 0.3) is 10.9 Å². The average molecular weight is 527 g/mol. The first-order valence-electron chi connectivity index (χ1n) is 13.7. The Morgan fingerprint density at radius 3 is 2.18 bits per heavy atom. The molecule has 39 heavy (non-hydrogen) atoms. The molecule has 6 rings (SSSR count). The number of anilines is 3. The lowest BCUT2D eigenvalue weighted by Crippen LogP contribution is -2.25. The number of nitrogens with zero attached hydrogens (tertiary/aromatic N) is 7. The number of nitrogens with one attached hydrogen (secondary N) is 1. The Bertz CT molecular complexity index is 1410. The number of fused-ring (bicyclic) bond motifs is 1. The van der Waals surface area contributed by atoms with Crippen LogP contribution in [0.1, 0.15) is 31.2 Å². The zero-order valence-corrected chi connectivity index (χ0v) is 22.3. The molecule has 1 N–H and O–H groups in total. The highest BCUT2D eigenvalue weighted by molar-refractivity contribution is 5.99. The number of aromatic nitrogens is 4. The van der Waals surface area contributed by atoms with Crippen LogP contribution in [0, 0.1) is 0 Å². The fourth-order valence-electron chi connectivity index (χ4n) is 5.24. The molecule has 0 atom stereocenters. The highest BCUT2D eigenvalue weighted by Crippen LogP contribution is 2.27. The molecule has 2 aliphatic rings. The van der Waals surface area contributed by atoms with Crippen LogP contribution in [0.4, 0.5) is 17.8 Å². The third kappa shape index (κ3) is 5.59. The predicted octanol–water partition coefficient (Wildman–Crippen LogP) is 4.56. The molecule has 2 aromatic heterocycles. The van der Waals surface area contributed by atoms with Crippen LogP contribution in [-0.2, 0) is 6.54 Å². The second-order valence-corrected chi connectivity index (χ2v) is 9.81. The number of benzene rings is 2. The maximum atomic E-state index is 6.01. The molecule has 4 aromatic rings. The van der Waals surface area contributed by atoms with Gasteiger partial charge in [0.1, 0.15) is 6.61 Å². The topological polar surface area (TPSA) is 92.9 Å². The maximum absolute atomic E-state index is 6.01. The largest absolute Gasteiger partial charge is 0.493 e. The summed E-state index contributed by atoms with van der Waals surface area (Å²) in [6.07, 6.45) is 8.59. The molecule has 4 heterocycles. The highest BCUT2D eigenvalue weighted by atomic mass is 16.5. The van der Waals surface area contributed by atoms with Gasteiger partial charge in [0.15, 0.2) is 11.5 Å². The van der Waals surface area contributed by atoms with Crippen LogP contribution < -0.4 is 24.7 Å². The molecule has 0 saturated carbocycles. The number of hydrazone groups is 1. The lowest BCUT2D eigenvalue weighted by molar-refractivity contribution is 0.281. The summed E-state index contributed by atoms with van der Waals surface area (Å²) < 4.78 is 13.6. The third-order valence-corrected chi connectivity index (χ3v) is 7.24. The van der Waals surface area contributed by atoms with E-state index in [0.717, 1.165) is 66.0 Å². The van der Waals surface area contributed by atoms with E-state index in [0.29, 0.717) is 19.1 Å². The fraction of sp³-hybridized carbons (Fsp3) is 0.379. The highest BCUT2D eigenvalue weighted by Gasteiger charge is 2.21. The number of para-hydroxylation sites is 3. The molecule has 2 aliphatic heterocycles. The Morgan fingerprint density at radius 1 is 0.846 bits per heavy atom. The molecule has 0 aliphatic carbocycles. The van der Waals surface area contributed by atoms with Gasteiger partial charge in [-0.15, -0.1) is 0 Å². The van der Waals surface area contributed by atoms with Crippen LogP contribution >= 0.6 is 0 Å². The van der Waals surface area contributed by atoms with Gasteiger partial charge >= 0.3 is 0 Å². The third-order valence-electron chi connectivity index (χ3n) is 7.24. The second-order valence-electron chi connectivity index (χ2n) is 9.81. The number of hydrogen-bond acceptors (Lipinski definition) is 9. The quantitative estimate of drug-likeness (QED) is 0.238. The molecule has 202 valence electrons. The van der Waals surface area contributed by atoms with E-state index < -0.39 is 0 Å². The molecule has 10 nitrogen and oxygen atoms in total. The summed E-state index contributed by atoms with van der Waals surface area (Å²) in [7, 11) is 1.65. The zero-order valence-electron chi connectivity index (χ0n) is 22.3. The van der Waals surface area contributed by atoms with E-state index in [-0.39, 0.29) is 0 Å². The molecule has 0 bridgehead atoms. The number of ether oxygens (including phenoxy) is 2. The monoisotopic (exact) mass is 526 g/mol. The first-order valence-corrected chi connectivity index (χ1v) is 13.7. The Morgan fingerprint density at radius 2 is 1.49 bits per heavy atom. The summed E-state index contributed by atoms with van der Waals surface area (Å²) in [6, 6.07) is 16.0. The number of methoxy groups -OCH3 is 1. The molecular weight excluding hydrogens is 492 g/mol.